The molecule has 0 amide bonds. The largest absolute Gasteiger partial charge is 0.465 e. The van der Waals surface area contributed by atoms with Crippen LogP contribution in [0.4, 0.5) is 5.69 Å². The highest BCUT2D eigenvalue weighted by Crippen LogP contribution is 2.21. The van der Waals surface area contributed by atoms with Crippen molar-refractivity contribution in [1.29, 1.82) is 0 Å². The number of nitro groups is 1. The van der Waals surface area contributed by atoms with Crippen LogP contribution in [0.5, 0.6) is 0 Å². The summed E-state index contributed by atoms with van der Waals surface area (Å²) in [6.45, 7) is -0.311. The van der Waals surface area contributed by atoms with E-state index in [0.717, 1.165) is 0 Å². The average Bonchev–Trinajstić information content (AvgIpc) is 3.20. The number of carbonyl (C=O) groups is 2. The fourth-order valence-corrected chi connectivity index (χ4v) is 2.31. The Labute approximate surface area is 157 Å². The van der Waals surface area contributed by atoms with Gasteiger partial charge in [-0.05, 0) is 24.3 Å². The van der Waals surface area contributed by atoms with E-state index >= 15 is 0 Å². The fourth-order valence-electron chi connectivity index (χ4n) is 2.31. The molecule has 3 aromatic rings. The Morgan fingerprint density at radius 2 is 1.68 bits per heavy atom. The number of hydrogen-bond donors (Lipinski definition) is 0. The van der Waals surface area contributed by atoms with Crippen LogP contribution in [0.3, 0.4) is 0 Å². The van der Waals surface area contributed by atoms with Crippen molar-refractivity contribution in [3.63, 3.8) is 0 Å². The molecule has 0 unspecified atom stereocenters. The fraction of sp³-hybridized carbons (Fsp3) is 0.111. The molecule has 10 nitrogen and oxygen atoms in total. The number of ether oxygens (including phenoxy) is 2. The summed E-state index contributed by atoms with van der Waals surface area (Å²) >= 11 is 0. The van der Waals surface area contributed by atoms with E-state index in [9.17, 15) is 19.7 Å². The van der Waals surface area contributed by atoms with E-state index < -0.39 is 16.9 Å². The van der Waals surface area contributed by atoms with Crippen LogP contribution in [0.2, 0.25) is 0 Å². The number of benzene rings is 2. The van der Waals surface area contributed by atoms with E-state index in [1.165, 1.54) is 43.5 Å². The SMILES string of the molecule is COC(=O)c1ccccc1C(=O)OCc1nnc(-c2ccc([N+](=O)[O-])cc2)o1. The van der Waals surface area contributed by atoms with Gasteiger partial charge in [-0.2, -0.15) is 0 Å². The molecule has 0 saturated heterocycles. The van der Waals surface area contributed by atoms with Crippen molar-refractivity contribution >= 4 is 17.6 Å². The standard InChI is InChI=1S/C18H13N3O7/c1-26-17(22)13-4-2-3-5-14(13)18(23)27-10-15-19-20-16(28-15)11-6-8-12(9-7-11)21(24)25/h2-9H,10H2,1H3. The number of rotatable bonds is 6. The minimum absolute atomic E-state index is 0.0252. The lowest BCUT2D eigenvalue weighted by Crippen LogP contribution is -2.13. The van der Waals surface area contributed by atoms with Crippen LogP contribution in [0.1, 0.15) is 26.6 Å². The molecule has 0 spiro atoms. The Morgan fingerprint density at radius 1 is 1.04 bits per heavy atom. The number of carbonyl (C=O) groups excluding carboxylic acids is 2. The molecule has 0 bridgehead atoms. The Balaban J connectivity index is 1.69. The molecule has 0 aliphatic heterocycles. The number of hydrogen-bond acceptors (Lipinski definition) is 9. The number of methoxy groups -OCH3 is 1. The van der Waals surface area contributed by atoms with Crippen molar-refractivity contribution in [1.82, 2.24) is 10.2 Å². The Hall–Kier alpha value is -4.08. The second kappa shape index (κ2) is 8.08. The van der Waals surface area contributed by atoms with Gasteiger partial charge < -0.3 is 13.9 Å². The van der Waals surface area contributed by atoms with E-state index in [4.69, 9.17) is 9.15 Å². The Kier molecular flexibility index (Phi) is 5.40. The van der Waals surface area contributed by atoms with Gasteiger partial charge in [0.05, 0.1) is 23.2 Å². The Morgan fingerprint density at radius 3 is 2.29 bits per heavy atom. The predicted molar refractivity (Wildman–Crippen MR) is 93.3 cm³/mol. The minimum Gasteiger partial charge on any atom is -0.465 e. The van der Waals surface area contributed by atoms with Crippen molar-refractivity contribution in [3.05, 3.63) is 75.7 Å². The van der Waals surface area contributed by atoms with Crippen LogP contribution in [-0.4, -0.2) is 34.2 Å². The second-order valence-electron chi connectivity index (χ2n) is 5.42. The molecule has 0 radical (unpaired) electrons. The van der Waals surface area contributed by atoms with Crippen molar-refractivity contribution in [2.75, 3.05) is 7.11 Å². The van der Waals surface area contributed by atoms with Gasteiger partial charge in [0.25, 0.3) is 11.6 Å². The minimum atomic E-state index is -0.754. The molecule has 0 aliphatic carbocycles. The summed E-state index contributed by atoms with van der Waals surface area (Å²) in [6, 6.07) is 11.6. The number of nitro benzene ring substituents is 1. The highest BCUT2D eigenvalue weighted by Gasteiger charge is 2.19. The molecule has 0 N–H and O–H groups in total. The molecule has 28 heavy (non-hydrogen) atoms. The van der Waals surface area contributed by atoms with E-state index in [1.54, 1.807) is 12.1 Å². The van der Waals surface area contributed by atoms with Crippen LogP contribution >= 0.6 is 0 Å². The number of aromatic nitrogens is 2. The van der Waals surface area contributed by atoms with Crippen LogP contribution in [0.25, 0.3) is 11.5 Å². The first-order valence-electron chi connectivity index (χ1n) is 7.91. The lowest BCUT2D eigenvalue weighted by molar-refractivity contribution is -0.384. The first-order valence-corrected chi connectivity index (χ1v) is 7.91. The summed E-state index contributed by atoms with van der Waals surface area (Å²) in [6.07, 6.45) is 0. The molecule has 0 aliphatic rings. The first-order chi connectivity index (χ1) is 13.5. The van der Waals surface area contributed by atoms with Crippen molar-refractivity contribution < 1.29 is 28.4 Å². The van der Waals surface area contributed by atoms with Crippen LogP contribution in [0.15, 0.2) is 52.9 Å². The number of non-ortho nitro benzene ring substituents is 1. The molecular weight excluding hydrogens is 370 g/mol. The highest BCUT2D eigenvalue weighted by molar-refractivity contribution is 6.03. The van der Waals surface area contributed by atoms with Gasteiger partial charge >= 0.3 is 11.9 Å². The zero-order valence-electron chi connectivity index (χ0n) is 14.5. The van der Waals surface area contributed by atoms with Crippen LogP contribution < -0.4 is 0 Å². The smallest absolute Gasteiger partial charge is 0.339 e. The van der Waals surface area contributed by atoms with Gasteiger partial charge in [0.1, 0.15) is 0 Å². The van der Waals surface area contributed by atoms with Gasteiger partial charge in [-0.3, -0.25) is 10.1 Å². The van der Waals surface area contributed by atoms with Gasteiger partial charge in [-0.1, -0.05) is 12.1 Å². The summed E-state index contributed by atoms with van der Waals surface area (Å²) in [5.74, 6) is -1.27. The van der Waals surface area contributed by atoms with Crippen LogP contribution in [-0.2, 0) is 16.1 Å². The summed E-state index contributed by atoms with van der Waals surface area (Å²) < 4.78 is 15.1. The Bertz CT molecular complexity index is 1030. The summed E-state index contributed by atoms with van der Waals surface area (Å²) in [5, 5.41) is 18.3. The number of esters is 2. The third-order valence-corrected chi connectivity index (χ3v) is 3.67. The highest BCUT2D eigenvalue weighted by atomic mass is 16.6. The van der Waals surface area contributed by atoms with Crippen molar-refractivity contribution in [2.45, 2.75) is 6.61 Å². The molecule has 142 valence electrons. The molecule has 3 rings (SSSR count). The molecule has 1 aromatic heterocycles. The maximum Gasteiger partial charge on any atom is 0.339 e. The first kappa shape index (κ1) is 18.7. The molecular formula is C18H13N3O7. The lowest BCUT2D eigenvalue weighted by atomic mass is 10.1. The van der Waals surface area contributed by atoms with E-state index in [1.807, 2.05) is 0 Å². The molecule has 10 heteroatoms. The maximum atomic E-state index is 12.3. The molecule has 0 fully saturated rings. The van der Waals surface area contributed by atoms with Crippen molar-refractivity contribution in [3.8, 4) is 11.5 Å². The van der Waals surface area contributed by atoms with Gasteiger partial charge in [0.2, 0.25) is 5.89 Å². The normalized spacial score (nSPS) is 10.3. The lowest BCUT2D eigenvalue weighted by Gasteiger charge is -2.06. The monoisotopic (exact) mass is 383 g/mol. The van der Waals surface area contributed by atoms with Crippen LogP contribution in [0, 0.1) is 10.1 Å². The topological polar surface area (TPSA) is 135 Å². The van der Waals surface area contributed by atoms with Crippen molar-refractivity contribution in [2.24, 2.45) is 0 Å². The van der Waals surface area contributed by atoms with E-state index in [2.05, 4.69) is 14.9 Å². The summed E-state index contributed by atoms with van der Waals surface area (Å²) in [5.41, 5.74) is 0.532. The van der Waals surface area contributed by atoms with E-state index in [0.29, 0.717) is 5.56 Å². The molecule has 0 saturated carbocycles. The predicted octanol–water partition coefficient (Wildman–Crippen LogP) is 2.79. The maximum absolute atomic E-state index is 12.3. The van der Waals surface area contributed by atoms with Gasteiger partial charge in [-0.25, -0.2) is 9.59 Å². The average molecular weight is 383 g/mol. The summed E-state index contributed by atoms with van der Waals surface area (Å²) in [4.78, 5) is 34.1. The number of nitrogens with zero attached hydrogens (tertiary/aromatic N) is 3. The third kappa shape index (κ3) is 4.01. The second-order valence-corrected chi connectivity index (χ2v) is 5.42. The molecule has 1 heterocycles. The summed E-state index contributed by atoms with van der Waals surface area (Å²) in [7, 11) is 1.21. The van der Waals surface area contributed by atoms with E-state index in [-0.39, 0.29) is 35.2 Å². The zero-order valence-corrected chi connectivity index (χ0v) is 14.5. The third-order valence-electron chi connectivity index (χ3n) is 3.67. The molecule has 0 atom stereocenters. The molecule has 2 aromatic carbocycles. The van der Waals surface area contributed by atoms with Gasteiger partial charge in [-0.15, -0.1) is 10.2 Å². The quantitative estimate of drug-likeness (QED) is 0.357. The van der Waals surface area contributed by atoms with Gasteiger partial charge in [0.15, 0.2) is 6.61 Å². The van der Waals surface area contributed by atoms with Gasteiger partial charge in [0, 0.05) is 17.7 Å². The zero-order chi connectivity index (χ0) is 20.1.